The number of hydrogen-bond donors (Lipinski definition) is 0. The smallest absolute Gasteiger partial charge is 0.256 e. The molecule has 0 aromatic heterocycles. The summed E-state index contributed by atoms with van der Waals surface area (Å²) >= 11 is 5.83. The maximum atomic E-state index is 13.7. The lowest BCUT2D eigenvalue weighted by Crippen LogP contribution is -2.30. The Labute approximate surface area is 111 Å². The number of carbonyl (C=O) groups is 1. The van der Waals surface area contributed by atoms with Crippen LogP contribution in [-0.4, -0.2) is 23.9 Å². The van der Waals surface area contributed by atoms with E-state index in [1.165, 1.54) is 37.5 Å². The van der Waals surface area contributed by atoms with Crippen LogP contribution in [-0.2, 0) is 0 Å². The van der Waals surface area contributed by atoms with Gasteiger partial charge in [0, 0.05) is 18.1 Å². The largest absolute Gasteiger partial charge is 0.338 e. The Balaban J connectivity index is 1.81. The summed E-state index contributed by atoms with van der Waals surface area (Å²) in [4.78, 5) is 14.1. The van der Waals surface area contributed by atoms with Gasteiger partial charge >= 0.3 is 0 Å². The molecule has 1 saturated heterocycles. The van der Waals surface area contributed by atoms with Crippen LogP contribution >= 0.6 is 11.6 Å². The highest BCUT2D eigenvalue weighted by atomic mass is 35.5. The summed E-state index contributed by atoms with van der Waals surface area (Å²) in [5.74, 6) is 0.540. The summed E-state index contributed by atoms with van der Waals surface area (Å²) in [6, 6.07) is 4.15. The molecule has 3 rings (SSSR count). The highest BCUT2D eigenvalue weighted by Gasteiger charge is 2.38. The van der Waals surface area contributed by atoms with Gasteiger partial charge in [-0.1, -0.05) is 18.0 Å². The Morgan fingerprint density at radius 3 is 2.61 bits per heavy atom. The standard InChI is InChI=1S/C14H15ClFNO/c15-11-4-5-13(16)12(6-11)14(18)17-7-9-2-1-3-10(9)8-17/h4-6,9-10H,1-3,7-8H2. The molecule has 1 amide bonds. The number of hydrogen-bond acceptors (Lipinski definition) is 1. The first-order valence-electron chi connectivity index (χ1n) is 6.39. The van der Waals surface area contributed by atoms with Crippen molar-refractivity contribution in [3.8, 4) is 0 Å². The second kappa shape index (κ2) is 4.54. The molecule has 2 atom stereocenters. The Kier molecular flexibility index (Phi) is 3.02. The molecule has 0 N–H and O–H groups in total. The van der Waals surface area contributed by atoms with E-state index in [-0.39, 0.29) is 11.5 Å². The second-order valence-corrected chi connectivity index (χ2v) is 5.72. The van der Waals surface area contributed by atoms with E-state index in [0.29, 0.717) is 16.9 Å². The number of halogens is 2. The fourth-order valence-corrected chi connectivity index (χ4v) is 3.40. The molecule has 2 nitrogen and oxygen atoms in total. The number of carbonyl (C=O) groups excluding carboxylic acids is 1. The number of fused-ring (bicyclic) bond motifs is 1. The lowest BCUT2D eigenvalue weighted by atomic mass is 10.0. The van der Waals surface area contributed by atoms with Crippen LogP contribution < -0.4 is 0 Å². The number of likely N-dealkylation sites (tertiary alicyclic amines) is 1. The van der Waals surface area contributed by atoms with Gasteiger partial charge in [-0.2, -0.15) is 0 Å². The highest BCUT2D eigenvalue weighted by molar-refractivity contribution is 6.31. The number of rotatable bonds is 1. The van der Waals surface area contributed by atoms with Crippen LogP contribution in [0, 0.1) is 17.7 Å². The molecular formula is C14H15ClFNO. The van der Waals surface area contributed by atoms with E-state index >= 15 is 0 Å². The predicted molar refractivity (Wildman–Crippen MR) is 68.1 cm³/mol. The fraction of sp³-hybridized carbons (Fsp3) is 0.500. The van der Waals surface area contributed by atoms with Crippen molar-refractivity contribution in [2.24, 2.45) is 11.8 Å². The quantitative estimate of drug-likeness (QED) is 0.764. The zero-order valence-corrected chi connectivity index (χ0v) is 10.8. The lowest BCUT2D eigenvalue weighted by molar-refractivity contribution is 0.0776. The molecule has 2 unspecified atom stereocenters. The van der Waals surface area contributed by atoms with Crippen LogP contribution in [0.1, 0.15) is 29.6 Å². The van der Waals surface area contributed by atoms with Crippen molar-refractivity contribution >= 4 is 17.5 Å². The van der Waals surface area contributed by atoms with Crippen molar-refractivity contribution in [2.45, 2.75) is 19.3 Å². The van der Waals surface area contributed by atoms with E-state index in [4.69, 9.17) is 11.6 Å². The molecule has 96 valence electrons. The Bertz CT molecular complexity index is 479. The highest BCUT2D eigenvalue weighted by Crippen LogP contribution is 2.38. The van der Waals surface area contributed by atoms with E-state index in [9.17, 15) is 9.18 Å². The Morgan fingerprint density at radius 1 is 1.28 bits per heavy atom. The molecule has 1 aliphatic heterocycles. The minimum absolute atomic E-state index is 0.0995. The van der Waals surface area contributed by atoms with Crippen LogP contribution in [0.3, 0.4) is 0 Å². The summed E-state index contributed by atoms with van der Waals surface area (Å²) in [5, 5.41) is 0.402. The molecule has 1 aromatic rings. The van der Waals surface area contributed by atoms with E-state index in [1.54, 1.807) is 4.90 Å². The molecule has 0 bridgehead atoms. The number of nitrogens with zero attached hydrogens (tertiary/aromatic N) is 1. The van der Waals surface area contributed by atoms with E-state index in [2.05, 4.69) is 0 Å². The summed E-state index contributed by atoms with van der Waals surface area (Å²) in [6.45, 7) is 1.55. The molecule has 0 spiro atoms. The minimum atomic E-state index is -0.485. The number of amides is 1. The van der Waals surface area contributed by atoms with Crippen molar-refractivity contribution < 1.29 is 9.18 Å². The SMILES string of the molecule is O=C(c1cc(Cl)ccc1F)N1CC2CCCC2C1. The monoisotopic (exact) mass is 267 g/mol. The van der Waals surface area contributed by atoms with E-state index in [0.717, 1.165) is 13.1 Å². The third-order valence-electron chi connectivity index (χ3n) is 4.17. The zero-order valence-electron chi connectivity index (χ0n) is 10.0. The van der Waals surface area contributed by atoms with Gasteiger partial charge in [-0.15, -0.1) is 0 Å². The van der Waals surface area contributed by atoms with Crippen LogP contribution in [0.15, 0.2) is 18.2 Å². The normalized spacial score (nSPS) is 26.4. The first-order chi connectivity index (χ1) is 8.65. The molecule has 2 fully saturated rings. The minimum Gasteiger partial charge on any atom is -0.338 e. The van der Waals surface area contributed by atoms with Crippen molar-refractivity contribution in [3.05, 3.63) is 34.6 Å². The van der Waals surface area contributed by atoms with Crippen molar-refractivity contribution in [2.75, 3.05) is 13.1 Å². The van der Waals surface area contributed by atoms with Crippen LogP contribution in [0.2, 0.25) is 5.02 Å². The van der Waals surface area contributed by atoms with Gasteiger partial charge in [0.15, 0.2) is 0 Å². The average Bonchev–Trinajstić information content (AvgIpc) is 2.91. The van der Waals surface area contributed by atoms with Crippen LogP contribution in [0.5, 0.6) is 0 Å². The van der Waals surface area contributed by atoms with E-state index < -0.39 is 5.82 Å². The van der Waals surface area contributed by atoms with E-state index in [1.807, 2.05) is 0 Å². The summed E-state index contributed by atoms with van der Waals surface area (Å²) in [5.41, 5.74) is 0.0995. The topological polar surface area (TPSA) is 20.3 Å². The van der Waals surface area contributed by atoms with Gasteiger partial charge in [0.2, 0.25) is 0 Å². The average molecular weight is 268 g/mol. The van der Waals surface area contributed by atoms with Gasteiger partial charge in [0.25, 0.3) is 5.91 Å². The maximum Gasteiger partial charge on any atom is 0.256 e. The Hall–Kier alpha value is -1.09. The molecule has 2 aliphatic rings. The molecule has 18 heavy (non-hydrogen) atoms. The van der Waals surface area contributed by atoms with Crippen molar-refractivity contribution in [3.63, 3.8) is 0 Å². The second-order valence-electron chi connectivity index (χ2n) is 5.29. The molecule has 4 heteroatoms. The number of benzene rings is 1. The van der Waals surface area contributed by atoms with Gasteiger partial charge in [-0.25, -0.2) is 4.39 Å². The van der Waals surface area contributed by atoms with Crippen LogP contribution in [0.25, 0.3) is 0 Å². The van der Waals surface area contributed by atoms with Crippen molar-refractivity contribution in [1.29, 1.82) is 0 Å². The van der Waals surface area contributed by atoms with Crippen LogP contribution in [0.4, 0.5) is 4.39 Å². The van der Waals surface area contributed by atoms with Gasteiger partial charge in [0.1, 0.15) is 5.82 Å². The zero-order chi connectivity index (χ0) is 12.7. The third kappa shape index (κ3) is 2.01. The third-order valence-corrected chi connectivity index (χ3v) is 4.41. The summed E-state index contributed by atoms with van der Waals surface area (Å²) < 4.78 is 13.7. The molecular weight excluding hydrogens is 253 g/mol. The molecule has 1 saturated carbocycles. The Morgan fingerprint density at radius 2 is 1.94 bits per heavy atom. The molecule has 1 heterocycles. The fourth-order valence-electron chi connectivity index (χ4n) is 3.23. The predicted octanol–water partition coefficient (Wildman–Crippen LogP) is 3.35. The first kappa shape index (κ1) is 12.0. The summed E-state index contributed by atoms with van der Waals surface area (Å²) in [7, 11) is 0. The van der Waals surface area contributed by atoms with Gasteiger partial charge in [-0.05, 0) is 42.9 Å². The molecule has 1 aliphatic carbocycles. The van der Waals surface area contributed by atoms with Gasteiger partial charge in [-0.3, -0.25) is 4.79 Å². The first-order valence-corrected chi connectivity index (χ1v) is 6.77. The lowest BCUT2D eigenvalue weighted by Gasteiger charge is -2.17. The molecule has 1 aromatic carbocycles. The van der Waals surface area contributed by atoms with Gasteiger partial charge < -0.3 is 4.90 Å². The summed E-state index contributed by atoms with van der Waals surface area (Å²) in [6.07, 6.45) is 3.67. The maximum absolute atomic E-state index is 13.7. The van der Waals surface area contributed by atoms with Crippen molar-refractivity contribution in [1.82, 2.24) is 4.90 Å². The molecule has 0 radical (unpaired) electrons. The van der Waals surface area contributed by atoms with Gasteiger partial charge in [0.05, 0.1) is 5.56 Å².